The van der Waals surface area contributed by atoms with E-state index in [9.17, 15) is 4.79 Å². The molecule has 0 saturated carbocycles. The maximum absolute atomic E-state index is 12.6. The van der Waals surface area contributed by atoms with Crippen LogP contribution in [0.3, 0.4) is 0 Å². The molecule has 164 valence electrons. The molecule has 7 nitrogen and oxygen atoms in total. The minimum absolute atomic E-state index is 0.0955. The molecule has 5 rings (SSSR count). The summed E-state index contributed by atoms with van der Waals surface area (Å²) >= 11 is 1.47. The molecule has 0 amide bonds. The van der Waals surface area contributed by atoms with Crippen LogP contribution in [0.25, 0.3) is 16.9 Å². The first-order valence-corrected chi connectivity index (χ1v) is 11.5. The lowest BCUT2D eigenvalue weighted by Gasteiger charge is -2.06. The van der Waals surface area contributed by atoms with Crippen LogP contribution in [0.5, 0.6) is 0 Å². The largest absolute Gasteiger partial charge is 0.286 e. The van der Waals surface area contributed by atoms with Gasteiger partial charge in [-0.15, -0.1) is 11.3 Å². The summed E-state index contributed by atoms with van der Waals surface area (Å²) in [5.41, 5.74) is 5.74. The monoisotopic (exact) mass is 455 g/mol. The van der Waals surface area contributed by atoms with Gasteiger partial charge in [0.15, 0.2) is 12.4 Å². The summed E-state index contributed by atoms with van der Waals surface area (Å²) < 4.78 is 5.77. The average molecular weight is 456 g/mol. The van der Waals surface area contributed by atoms with Gasteiger partial charge in [-0.25, -0.2) is 4.68 Å². The molecule has 5 aromatic rings. The predicted molar refractivity (Wildman–Crippen MR) is 126 cm³/mol. The molecular formula is C25H23N6OS+. The fraction of sp³-hybridized carbons (Fsp3) is 0.160. The quantitative estimate of drug-likeness (QED) is 0.274. The van der Waals surface area contributed by atoms with Crippen molar-refractivity contribution >= 4 is 17.1 Å². The van der Waals surface area contributed by atoms with Crippen LogP contribution in [-0.4, -0.2) is 30.3 Å². The van der Waals surface area contributed by atoms with E-state index in [0.29, 0.717) is 6.54 Å². The van der Waals surface area contributed by atoms with Crippen LogP contribution in [0, 0.1) is 13.8 Å². The van der Waals surface area contributed by atoms with Gasteiger partial charge in [0.25, 0.3) is 0 Å². The van der Waals surface area contributed by atoms with Crippen LogP contribution < -0.4 is 4.57 Å². The van der Waals surface area contributed by atoms with Gasteiger partial charge in [-0.05, 0) is 55.6 Å². The van der Waals surface area contributed by atoms with Crippen molar-refractivity contribution in [3.8, 4) is 16.9 Å². The molecule has 0 aliphatic heterocycles. The number of rotatable bonds is 7. The highest BCUT2D eigenvalue weighted by Gasteiger charge is 2.18. The highest BCUT2D eigenvalue weighted by Crippen LogP contribution is 2.23. The van der Waals surface area contributed by atoms with Gasteiger partial charge in [0.1, 0.15) is 0 Å². The van der Waals surface area contributed by atoms with E-state index in [2.05, 4.69) is 22.2 Å². The second-order valence-corrected chi connectivity index (χ2v) is 8.84. The van der Waals surface area contributed by atoms with Crippen LogP contribution in [0.4, 0.5) is 0 Å². The molecule has 0 atom stereocenters. The zero-order valence-electron chi connectivity index (χ0n) is 18.4. The average Bonchev–Trinajstić information content (AvgIpc) is 3.56. The number of ketones is 1. The molecule has 0 aliphatic carbocycles. The Kier molecular flexibility index (Phi) is 5.66. The first-order chi connectivity index (χ1) is 16.1. The van der Waals surface area contributed by atoms with Crippen molar-refractivity contribution in [2.24, 2.45) is 0 Å². The number of thiophene rings is 1. The lowest BCUT2D eigenvalue weighted by Crippen LogP contribution is -2.37. The van der Waals surface area contributed by atoms with Gasteiger partial charge in [0.2, 0.25) is 12.3 Å². The van der Waals surface area contributed by atoms with Gasteiger partial charge < -0.3 is 0 Å². The molecule has 5 heterocycles. The Morgan fingerprint density at radius 1 is 1.09 bits per heavy atom. The Morgan fingerprint density at radius 3 is 2.73 bits per heavy atom. The molecular weight excluding hydrogens is 432 g/mol. The molecule has 0 spiro atoms. The fourth-order valence-corrected chi connectivity index (χ4v) is 4.49. The third-order valence-corrected chi connectivity index (χ3v) is 6.25. The van der Waals surface area contributed by atoms with Crippen molar-refractivity contribution in [1.82, 2.24) is 24.5 Å². The van der Waals surface area contributed by atoms with E-state index in [1.54, 1.807) is 12.4 Å². The summed E-state index contributed by atoms with van der Waals surface area (Å²) in [6, 6.07) is 15.8. The fourth-order valence-electron chi connectivity index (χ4n) is 3.83. The Morgan fingerprint density at radius 2 is 2.00 bits per heavy atom. The van der Waals surface area contributed by atoms with Crippen molar-refractivity contribution in [2.75, 3.05) is 0 Å². The Hall–Kier alpha value is -3.91. The number of pyridine rings is 2. The van der Waals surface area contributed by atoms with Crippen molar-refractivity contribution in [3.63, 3.8) is 0 Å². The summed E-state index contributed by atoms with van der Waals surface area (Å²) in [5.74, 6) is 0.0955. The lowest BCUT2D eigenvalue weighted by molar-refractivity contribution is -0.682. The second kappa shape index (κ2) is 8.91. The smallest absolute Gasteiger partial charge is 0.237 e. The normalized spacial score (nSPS) is 11.1. The van der Waals surface area contributed by atoms with Crippen LogP contribution in [0.15, 0.2) is 78.7 Å². The van der Waals surface area contributed by atoms with Gasteiger partial charge in [0, 0.05) is 18.0 Å². The number of carbonyl (C=O) groups excluding carboxylic acids is 1. The third-order valence-electron chi connectivity index (χ3n) is 5.34. The van der Waals surface area contributed by atoms with E-state index in [-0.39, 0.29) is 12.3 Å². The molecule has 8 heteroatoms. The third kappa shape index (κ3) is 4.51. The molecule has 0 aromatic carbocycles. The summed E-state index contributed by atoms with van der Waals surface area (Å²) in [6.07, 6.45) is 7.44. The molecule has 0 bridgehead atoms. The first kappa shape index (κ1) is 21.0. The van der Waals surface area contributed by atoms with Crippen molar-refractivity contribution in [1.29, 1.82) is 0 Å². The molecule has 5 aromatic heterocycles. The zero-order valence-corrected chi connectivity index (χ0v) is 19.2. The summed E-state index contributed by atoms with van der Waals surface area (Å²) in [7, 11) is 0. The van der Waals surface area contributed by atoms with E-state index in [4.69, 9.17) is 5.10 Å². The minimum atomic E-state index is 0.0955. The maximum atomic E-state index is 12.6. The standard InChI is InChI=1S/C25H23N6OS/c1-18-12-19(2)30(27-18)16-21-13-23(31(28-21)22-7-3-9-26-14-22)20-6-4-10-29(15-20)17-24(32)25-8-5-11-33-25/h3-15H,16-17H2,1-2H3/q+1. The number of hydrogen-bond acceptors (Lipinski definition) is 5. The number of aromatic nitrogens is 6. The zero-order chi connectivity index (χ0) is 22.8. The maximum Gasteiger partial charge on any atom is 0.237 e. The highest BCUT2D eigenvalue weighted by atomic mass is 32.1. The molecule has 0 N–H and O–H groups in total. The molecule has 33 heavy (non-hydrogen) atoms. The molecule has 0 radical (unpaired) electrons. The Labute approximate surface area is 195 Å². The van der Waals surface area contributed by atoms with Gasteiger partial charge in [-0.3, -0.25) is 14.5 Å². The van der Waals surface area contributed by atoms with E-state index in [0.717, 1.165) is 38.9 Å². The van der Waals surface area contributed by atoms with Gasteiger partial charge in [-0.1, -0.05) is 6.07 Å². The minimum Gasteiger partial charge on any atom is -0.286 e. The number of carbonyl (C=O) groups is 1. The number of hydrogen-bond donors (Lipinski definition) is 0. The van der Waals surface area contributed by atoms with E-state index < -0.39 is 0 Å². The second-order valence-electron chi connectivity index (χ2n) is 7.89. The summed E-state index contributed by atoms with van der Waals surface area (Å²) in [5, 5.41) is 11.4. The number of Topliss-reactive ketones (excluding diaryl/α,β-unsaturated/α-hetero) is 1. The van der Waals surface area contributed by atoms with Crippen LogP contribution in [-0.2, 0) is 13.1 Å². The van der Waals surface area contributed by atoms with Gasteiger partial charge in [-0.2, -0.15) is 14.8 Å². The predicted octanol–water partition coefficient (Wildman–Crippen LogP) is 4.03. The van der Waals surface area contributed by atoms with Crippen molar-refractivity contribution in [3.05, 3.63) is 101 Å². The summed E-state index contributed by atoms with van der Waals surface area (Å²) in [4.78, 5) is 17.6. The summed E-state index contributed by atoms with van der Waals surface area (Å²) in [6.45, 7) is 4.89. The van der Waals surface area contributed by atoms with Gasteiger partial charge >= 0.3 is 0 Å². The van der Waals surface area contributed by atoms with E-state index >= 15 is 0 Å². The number of aryl methyl sites for hydroxylation is 2. The van der Waals surface area contributed by atoms with Crippen molar-refractivity contribution < 1.29 is 9.36 Å². The Bertz CT molecular complexity index is 1400. The lowest BCUT2D eigenvalue weighted by atomic mass is 10.2. The molecule has 0 fully saturated rings. The topological polar surface area (TPSA) is 69.5 Å². The highest BCUT2D eigenvalue weighted by molar-refractivity contribution is 7.12. The molecule has 0 saturated heterocycles. The van der Waals surface area contributed by atoms with E-state index in [1.807, 2.05) is 82.0 Å². The Balaban J connectivity index is 1.52. The SMILES string of the molecule is Cc1cc(C)n(Cc2cc(-c3ccc[n+](CC(=O)c4cccs4)c3)n(-c3cccnc3)n2)n1. The number of nitrogens with zero attached hydrogens (tertiary/aromatic N) is 6. The van der Waals surface area contributed by atoms with Gasteiger partial charge in [0.05, 0.1) is 46.0 Å². The molecule has 0 unspecified atom stereocenters. The van der Waals surface area contributed by atoms with Crippen LogP contribution in [0.2, 0.25) is 0 Å². The van der Waals surface area contributed by atoms with Crippen LogP contribution in [0.1, 0.15) is 26.8 Å². The van der Waals surface area contributed by atoms with E-state index in [1.165, 1.54) is 11.3 Å². The first-order valence-electron chi connectivity index (χ1n) is 10.6. The van der Waals surface area contributed by atoms with Crippen molar-refractivity contribution in [2.45, 2.75) is 26.9 Å². The molecule has 0 aliphatic rings. The van der Waals surface area contributed by atoms with Crippen LogP contribution >= 0.6 is 11.3 Å².